The quantitative estimate of drug-likeness (QED) is 0.922. The lowest BCUT2D eigenvalue weighted by Gasteiger charge is -2.12. The standard InChI is InChI=1S/C15H21N3O2S/c1-11(2)18-10-12(3)17-15(18)16-9-13-5-7-14(8-6-13)21(4,19)20/h5-8,10-11H,9H2,1-4H3,(H,16,17). The van der Waals surface area contributed by atoms with E-state index in [1.165, 1.54) is 6.26 Å². The van der Waals surface area contributed by atoms with Crippen LogP contribution < -0.4 is 5.32 Å². The van der Waals surface area contributed by atoms with Gasteiger partial charge >= 0.3 is 0 Å². The van der Waals surface area contributed by atoms with Crippen LogP contribution in [0.2, 0.25) is 0 Å². The van der Waals surface area contributed by atoms with Crippen molar-refractivity contribution >= 4 is 15.8 Å². The molecule has 6 heteroatoms. The number of nitrogens with zero attached hydrogens (tertiary/aromatic N) is 2. The maximum atomic E-state index is 11.4. The fraction of sp³-hybridized carbons (Fsp3) is 0.400. The van der Waals surface area contributed by atoms with Crippen molar-refractivity contribution in [2.75, 3.05) is 11.6 Å². The van der Waals surface area contributed by atoms with Crippen LogP contribution >= 0.6 is 0 Å². The van der Waals surface area contributed by atoms with Gasteiger partial charge in [-0.2, -0.15) is 0 Å². The second-order valence-corrected chi connectivity index (χ2v) is 7.49. The lowest BCUT2D eigenvalue weighted by molar-refractivity contribution is 0.601. The summed E-state index contributed by atoms with van der Waals surface area (Å²) in [6.07, 6.45) is 3.22. The van der Waals surface area contributed by atoms with Gasteiger partial charge in [-0.3, -0.25) is 0 Å². The second kappa shape index (κ2) is 5.89. The third kappa shape index (κ3) is 3.85. The summed E-state index contributed by atoms with van der Waals surface area (Å²) in [5.41, 5.74) is 1.98. The Labute approximate surface area is 125 Å². The molecule has 1 aromatic carbocycles. The van der Waals surface area contributed by atoms with Crippen molar-refractivity contribution in [3.63, 3.8) is 0 Å². The first-order valence-corrected chi connectivity index (χ1v) is 8.75. The van der Waals surface area contributed by atoms with Gasteiger partial charge in [0, 0.05) is 25.0 Å². The summed E-state index contributed by atoms with van der Waals surface area (Å²) in [4.78, 5) is 4.80. The third-order valence-corrected chi connectivity index (χ3v) is 4.34. The molecule has 1 heterocycles. The molecule has 0 radical (unpaired) electrons. The molecule has 0 atom stereocenters. The summed E-state index contributed by atoms with van der Waals surface area (Å²) in [5, 5.41) is 3.29. The molecule has 0 spiro atoms. The number of aryl methyl sites for hydroxylation is 1. The van der Waals surface area contributed by atoms with E-state index >= 15 is 0 Å². The van der Waals surface area contributed by atoms with Crippen LogP contribution in [-0.4, -0.2) is 24.2 Å². The van der Waals surface area contributed by atoms with Crippen LogP contribution in [0.4, 0.5) is 5.95 Å². The normalized spacial score (nSPS) is 11.9. The highest BCUT2D eigenvalue weighted by atomic mass is 32.2. The van der Waals surface area contributed by atoms with Gasteiger partial charge in [-0.15, -0.1) is 0 Å². The van der Waals surface area contributed by atoms with E-state index in [0.29, 0.717) is 17.5 Å². The smallest absolute Gasteiger partial charge is 0.203 e. The summed E-state index contributed by atoms with van der Waals surface area (Å²) < 4.78 is 24.9. The topological polar surface area (TPSA) is 64.0 Å². The molecule has 2 aromatic rings. The van der Waals surface area contributed by atoms with E-state index < -0.39 is 9.84 Å². The Hall–Kier alpha value is -1.82. The molecule has 0 aliphatic carbocycles. The highest BCUT2D eigenvalue weighted by Crippen LogP contribution is 2.17. The molecular formula is C15H21N3O2S. The number of aromatic nitrogens is 2. The highest BCUT2D eigenvalue weighted by molar-refractivity contribution is 7.90. The Morgan fingerprint density at radius 2 is 1.86 bits per heavy atom. The average molecular weight is 307 g/mol. The van der Waals surface area contributed by atoms with E-state index in [1.807, 2.05) is 25.3 Å². The van der Waals surface area contributed by atoms with Gasteiger partial charge in [-0.25, -0.2) is 13.4 Å². The van der Waals surface area contributed by atoms with E-state index in [9.17, 15) is 8.42 Å². The third-order valence-electron chi connectivity index (χ3n) is 3.21. The summed E-state index contributed by atoms with van der Waals surface area (Å²) in [5.74, 6) is 0.828. The van der Waals surface area contributed by atoms with Gasteiger partial charge in [0.1, 0.15) is 0 Å². The first-order chi connectivity index (χ1) is 9.77. The molecule has 21 heavy (non-hydrogen) atoms. The minimum atomic E-state index is -3.14. The maximum Gasteiger partial charge on any atom is 0.203 e. The molecule has 114 valence electrons. The molecule has 5 nitrogen and oxygen atoms in total. The van der Waals surface area contributed by atoms with Crippen LogP contribution in [0.1, 0.15) is 31.1 Å². The van der Waals surface area contributed by atoms with Crippen LogP contribution in [-0.2, 0) is 16.4 Å². The number of hydrogen-bond acceptors (Lipinski definition) is 4. The van der Waals surface area contributed by atoms with E-state index in [0.717, 1.165) is 17.2 Å². The Morgan fingerprint density at radius 1 is 1.24 bits per heavy atom. The van der Waals surface area contributed by atoms with E-state index in [1.54, 1.807) is 12.1 Å². The monoisotopic (exact) mass is 307 g/mol. The minimum Gasteiger partial charge on any atom is -0.352 e. The number of imidazole rings is 1. The Kier molecular flexibility index (Phi) is 4.37. The fourth-order valence-corrected chi connectivity index (χ4v) is 2.71. The zero-order valence-electron chi connectivity index (χ0n) is 12.8. The number of rotatable bonds is 5. The highest BCUT2D eigenvalue weighted by Gasteiger charge is 2.09. The summed E-state index contributed by atoms with van der Waals surface area (Å²) >= 11 is 0. The number of nitrogens with one attached hydrogen (secondary N) is 1. The van der Waals surface area contributed by atoms with Crippen molar-refractivity contribution in [1.82, 2.24) is 9.55 Å². The first-order valence-electron chi connectivity index (χ1n) is 6.85. The van der Waals surface area contributed by atoms with Gasteiger partial charge in [0.15, 0.2) is 9.84 Å². The second-order valence-electron chi connectivity index (χ2n) is 5.48. The molecule has 0 unspecified atom stereocenters. The molecule has 0 saturated carbocycles. The minimum absolute atomic E-state index is 0.335. The molecule has 0 saturated heterocycles. The fourth-order valence-electron chi connectivity index (χ4n) is 2.08. The Morgan fingerprint density at radius 3 is 2.38 bits per heavy atom. The number of anilines is 1. The van der Waals surface area contributed by atoms with Crippen molar-refractivity contribution in [1.29, 1.82) is 0 Å². The number of benzene rings is 1. The molecule has 0 aliphatic heterocycles. The Balaban J connectivity index is 2.10. The molecule has 1 aromatic heterocycles. The van der Waals surface area contributed by atoms with E-state index in [-0.39, 0.29) is 0 Å². The predicted octanol–water partition coefficient (Wildman–Crippen LogP) is 2.79. The summed E-state index contributed by atoms with van der Waals surface area (Å²) in [7, 11) is -3.14. The SMILES string of the molecule is Cc1cn(C(C)C)c(NCc2ccc(S(C)(=O)=O)cc2)n1. The van der Waals surface area contributed by atoms with Gasteiger partial charge in [-0.05, 0) is 38.5 Å². The number of sulfone groups is 1. The van der Waals surface area contributed by atoms with E-state index in [4.69, 9.17) is 0 Å². The molecule has 0 bridgehead atoms. The molecular weight excluding hydrogens is 286 g/mol. The molecule has 1 N–H and O–H groups in total. The zero-order valence-corrected chi connectivity index (χ0v) is 13.6. The van der Waals surface area contributed by atoms with Crippen molar-refractivity contribution in [2.24, 2.45) is 0 Å². The van der Waals surface area contributed by atoms with Crippen molar-refractivity contribution in [2.45, 2.75) is 38.3 Å². The van der Waals surface area contributed by atoms with Crippen molar-refractivity contribution < 1.29 is 8.42 Å². The summed E-state index contributed by atoms with van der Waals surface area (Å²) in [6.45, 7) is 6.78. The lowest BCUT2D eigenvalue weighted by atomic mass is 10.2. The molecule has 0 aliphatic rings. The average Bonchev–Trinajstić information content (AvgIpc) is 2.77. The largest absolute Gasteiger partial charge is 0.352 e. The number of hydrogen-bond donors (Lipinski definition) is 1. The van der Waals surface area contributed by atoms with Crippen LogP contribution in [0.3, 0.4) is 0 Å². The van der Waals surface area contributed by atoms with Gasteiger partial charge in [0.2, 0.25) is 5.95 Å². The van der Waals surface area contributed by atoms with Crippen LogP contribution in [0.15, 0.2) is 35.4 Å². The predicted molar refractivity (Wildman–Crippen MR) is 84.2 cm³/mol. The van der Waals surface area contributed by atoms with Crippen LogP contribution in [0.5, 0.6) is 0 Å². The van der Waals surface area contributed by atoms with Crippen LogP contribution in [0, 0.1) is 6.92 Å². The van der Waals surface area contributed by atoms with Crippen molar-refractivity contribution in [3.8, 4) is 0 Å². The maximum absolute atomic E-state index is 11.4. The van der Waals surface area contributed by atoms with Crippen molar-refractivity contribution in [3.05, 3.63) is 41.7 Å². The summed E-state index contributed by atoms with van der Waals surface area (Å²) in [6, 6.07) is 7.23. The lowest BCUT2D eigenvalue weighted by Crippen LogP contribution is -2.09. The van der Waals surface area contributed by atoms with Gasteiger partial charge in [0.25, 0.3) is 0 Å². The molecule has 0 amide bonds. The Bertz CT molecular complexity index is 716. The van der Waals surface area contributed by atoms with Gasteiger partial charge in [-0.1, -0.05) is 12.1 Å². The zero-order chi connectivity index (χ0) is 15.6. The van der Waals surface area contributed by atoms with Gasteiger partial charge < -0.3 is 9.88 Å². The van der Waals surface area contributed by atoms with Gasteiger partial charge in [0.05, 0.1) is 10.6 Å². The van der Waals surface area contributed by atoms with E-state index in [2.05, 4.69) is 28.7 Å². The molecule has 2 rings (SSSR count). The first kappa shape index (κ1) is 15.6. The molecule has 0 fully saturated rings. The van der Waals surface area contributed by atoms with Crippen LogP contribution in [0.25, 0.3) is 0 Å².